The topological polar surface area (TPSA) is 44.5 Å². The van der Waals surface area contributed by atoms with Crippen LogP contribution < -0.4 is 15.2 Å². The van der Waals surface area contributed by atoms with Gasteiger partial charge in [0.25, 0.3) is 0 Å². The van der Waals surface area contributed by atoms with Crippen LogP contribution in [-0.2, 0) is 0 Å². The van der Waals surface area contributed by atoms with Crippen molar-refractivity contribution in [3.05, 3.63) is 23.8 Å². The van der Waals surface area contributed by atoms with Crippen LogP contribution in [0.4, 0.5) is 0 Å². The molecule has 0 bridgehead atoms. The maximum absolute atomic E-state index is 6.24. The molecule has 2 atom stereocenters. The zero-order chi connectivity index (χ0) is 12.8. The highest BCUT2D eigenvalue weighted by Crippen LogP contribution is 2.32. The Balaban J connectivity index is 2.91. The molecule has 0 aromatic heterocycles. The maximum Gasteiger partial charge on any atom is 0.161 e. The fraction of sp³-hybridized carbons (Fsp3) is 0.571. The van der Waals surface area contributed by atoms with Gasteiger partial charge in [-0.25, -0.2) is 0 Å². The lowest BCUT2D eigenvalue weighted by atomic mass is 9.91. The molecule has 2 N–H and O–H groups in total. The summed E-state index contributed by atoms with van der Waals surface area (Å²) in [6.45, 7) is 4.36. The number of hydrogen-bond acceptors (Lipinski definition) is 3. The summed E-state index contributed by atoms with van der Waals surface area (Å²) in [4.78, 5) is 0. The highest BCUT2D eigenvalue weighted by molar-refractivity contribution is 5.43. The number of benzene rings is 1. The SMILES string of the molecule is CCCC(C)C(N)c1ccc(OC)c(OC)c1. The van der Waals surface area contributed by atoms with Crippen LogP contribution in [0.1, 0.15) is 38.3 Å². The summed E-state index contributed by atoms with van der Waals surface area (Å²) >= 11 is 0. The molecule has 1 rings (SSSR count). The molecule has 3 nitrogen and oxygen atoms in total. The van der Waals surface area contributed by atoms with E-state index in [0.29, 0.717) is 5.92 Å². The normalized spacial score (nSPS) is 14.2. The zero-order valence-electron chi connectivity index (χ0n) is 11.2. The summed E-state index contributed by atoms with van der Waals surface area (Å²) in [5.74, 6) is 1.95. The lowest BCUT2D eigenvalue weighted by Crippen LogP contribution is -2.19. The van der Waals surface area contributed by atoms with Crippen LogP contribution in [0.5, 0.6) is 11.5 Å². The lowest BCUT2D eigenvalue weighted by Gasteiger charge is -2.20. The number of methoxy groups -OCH3 is 2. The molecule has 0 aliphatic carbocycles. The summed E-state index contributed by atoms with van der Waals surface area (Å²) in [6.07, 6.45) is 2.29. The Labute approximate surface area is 104 Å². The number of rotatable bonds is 6. The molecule has 17 heavy (non-hydrogen) atoms. The van der Waals surface area contributed by atoms with Gasteiger partial charge in [0.1, 0.15) is 0 Å². The van der Waals surface area contributed by atoms with Gasteiger partial charge in [0, 0.05) is 6.04 Å². The van der Waals surface area contributed by atoms with E-state index in [4.69, 9.17) is 15.2 Å². The second-order valence-corrected chi connectivity index (χ2v) is 4.41. The van der Waals surface area contributed by atoms with E-state index in [0.717, 1.165) is 29.9 Å². The Hall–Kier alpha value is -1.22. The van der Waals surface area contributed by atoms with Gasteiger partial charge in [0.15, 0.2) is 11.5 Å². The van der Waals surface area contributed by atoms with Crippen molar-refractivity contribution < 1.29 is 9.47 Å². The maximum atomic E-state index is 6.24. The van der Waals surface area contributed by atoms with E-state index in [-0.39, 0.29) is 6.04 Å². The van der Waals surface area contributed by atoms with Gasteiger partial charge in [0.2, 0.25) is 0 Å². The summed E-state index contributed by atoms with van der Waals surface area (Å²) in [6, 6.07) is 5.94. The smallest absolute Gasteiger partial charge is 0.161 e. The predicted molar refractivity (Wildman–Crippen MR) is 70.5 cm³/mol. The molecule has 96 valence electrons. The molecule has 1 aromatic rings. The third kappa shape index (κ3) is 3.37. The lowest BCUT2D eigenvalue weighted by molar-refractivity contribution is 0.353. The molecule has 0 radical (unpaired) electrons. The van der Waals surface area contributed by atoms with Crippen molar-refractivity contribution in [2.45, 2.75) is 32.7 Å². The van der Waals surface area contributed by atoms with Crippen LogP contribution in [0.2, 0.25) is 0 Å². The molecule has 0 amide bonds. The molecule has 0 aliphatic heterocycles. The van der Waals surface area contributed by atoms with Gasteiger partial charge < -0.3 is 15.2 Å². The first kappa shape index (κ1) is 13.8. The molecule has 1 aromatic carbocycles. The van der Waals surface area contributed by atoms with Gasteiger partial charge in [-0.1, -0.05) is 26.3 Å². The first-order valence-electron chi connectivity index (χ1n) is 6.11. The molecular formula is C14H23NO2. The van der Waals surface area contributed by atoms with Crippen LogP contribution in [0, 0.1) is 5.92 Å². The van der Waals surface area contributed by atoms with E-state index in [1.807, 2.05) is 18.2 Å². The van der Waals surface area contributed by atoms with Crippen LogP contribution in [-0.4, -0.2) is 14.2 Å². The summed E-state index contributed by atoms with van der Waals surface area (Å²) < 4.78 is 10.5. The fourth-order valence-corrected chi connectivity index (χ4v) is 2.02. The Morgan fingerprint density at radius 2 is 1.82 bits per heavy atom. The number of ether oxygens (including phenoxy) is 2. The van der Waals surface area contributed by atoms with Gasteiger partial charge in [-0.3, -0.25) is 0 Å². The zero-order valence-corrected chi connectivity index (χ0v) is 11.2. The van der Waals surface area contributed by atoms with Crippen LogP contribution in [0.15, 0.2) is 18.2 Å². The minimum atomic E-state index is 0.0507. The summed E-state index contributed by atoms with van der Waals surface area (Å²) in [5.41, 5.74) is 7.34. The summed E-state index contributed by atoms with van der Waals surface area (Å²) in [7, 11) is 3.28. The van der Waals surface area contributed by atoms with Gasteiger partial charge in [0.05, 0.1) is 14.2 Å². The Kier molecular flexibility index (Phi) is 5.29. The van der Waals surface area contributed by atoms with E-state index in [9.17, 15) is 0 Å². The molecule has 0 saturated heterocycles. The Morgan fingerprint density at radius 3 is 2.35 bits per heavy atom. The largest absolute Gasteiger partial charge is 0.493 e. The van der Waals surface area contributed by atoms with Crippen molar-refractivity contribution >= 4 is 0 Å². The minimum Gasteiger partial charge on any atom is -0.493 e. The fourth-order valence-electron chi connectivity index (χ4n) is 2.02. The quantitative estimate of drug-likeness (QED) is 0.826. The Morgan fingerprint density at radius 1 is 1.18 bits per heavy atom. The Bertz CT molecular complexity index is 352. The second-order valence-electron chi connectivity index (χ2n) is 4.41. The molecule has 0 spiro atoms. The van der Waals surface area contributed by atoms with Gasteiger partial charge in [-0.2, -0.15) is 0 Å². The molecule has 0 heterocycles. The van der Waals surface area contributed by atoms with E-state index in [1.54, 1.807) is 14.2 Å². The average molecular weight is 237 g/mol. The highest BCUT2D eigenvalue weighted by atomic mass is 16.5. The number of nitrogens with two attached hydrogens (primary N) is 1. The monoisotopic (exact) mass is 237 g/mol. The van der Waals surface area contributed by atoms with Crippen molar-refractivity contribution in [3.8, 4) is 11.5 Å². The van der Waals surface area contributed by atoms with Gasteiger partial charge in [-0.15, -0.1) is 0 Å². The third-order valence-corrected chi connectivity index (χ3v) is 3.15. The van der Waals surface area contributed by atoms with Crippen molar-refractivity contribution in [1.29, 1.82) is 0 Å². The van der Waals surface area contributed by atoms with Gasteiger partial charge >= 0.3 is 0 Å². The minimum absolute atomic E-state index is 0.0507. The van der Waals surface area contributed by atoms with Crippen LogP contribution in [0.25, 0.3) is 0 Å². The first-order chi connectivity index (χ1) is 8.13. The second kappa shape index (κ2) is 6.50. The van der Waals surface area contributed by atoms with Crippen molar-refractivity contribution in [2.24, 2.45) is 11.7 Å². The summed E-state index contributed by atoms with van der Waals surface area (Å²) in [5, 5.41) is 0. The van der Waals surface area contributed by atoms with Gasteiger partial charge in [-0.05, 0) is 30.0 Å². The first-order valence-corrected chi connectivity index (χ1v) is 6.11. The molecule has 2 unspecified atom stereocenters. The molecule has 3 heteroatoms. The standard InChI is InChI=1S/C14H23NO2/c1-5-6-10(2)14(15)11-7-8-12(16-3)13(9-11)17-4/h7-10,14H,5-6,15H2,1-4H3. The molecule has 0 saturated carbocycles. The number of hydrogen-bond donors (Lipinski definition) is 1. The highest BCUT2D eigenvalue weighted by Gasteiger charge is 2.16. The molecular weight excluding hydrogens is 214 g/mol. The van der Waals surface area contributed by atoms with Crippen molar-refractivity contribution in [2.75, 3.05) is 14.2 Å². The van der Waals surface area contributed by atoms with E-state index >= 15 is 0 Å². The average Bonchev–Trinajstić information content (AvgIpc) is 2.37. The predicted octanol–water partition coefficient (Wildman–Crippen LogP) is 3.14. The third-order valence-electron chi connectivity index (χ3n) is 3.15. The van der Waals surface area contributed by atoms with Crippen molar-refractivity contribution in [3.63, 3.8) is 0 Å². The van der Waals surface area contributed by atoms with E-state index < -0.39 is 0 Å². The molecule has 0 aliphatic rings. The van der Waals surface area contributed by atoms with Crippen LogP contribution >= 0.6 is 0 Å². The van der Waals surface area contributed by atoms with E-state index in [1.165, 1.54) is 0 Å². The van der Waals surface area contributed by atoms with E-state index in [2.05, 4.69) is 13.8 Å². The van der Waals surface area contributed by atoms with Crippen LogP contribution in [0.3, 0.4) is 0 Å². The molecule has 0 fully saturated rings. The van der Waals surface area contributed by atoms with Crippen molar-refractivity contribution in [1.82, 2.24) is 0 Å².